The Balaban J connectivity index is 2.42. The van der Waals surface area contributed by atoms with Crippen molar-refractivity contribution in [1.82, 2.24) is 5.32 Å². The van der Waals surface area contributed by atoms with Crippen LogP contribution in [0.5, 0.6) is 0 Å². The Morgan fingerprint density at radius 1 is 1.16 bits per heavy atom. The zero-order valence-electron chi connectivity index (χ0n) is 12.6. The summed E-state index contributed by atoms with van der Waals surface area (Å²) in [5, 5.41) is 3.40. The SMILES string of the molecule is CC(C)(N)CCCNCC(C)(C)c1ccccc1F. The van der Waals surface area contributed by atoms with Gasteiger partial charge >= 0.3 is 0 Å². The third kappa shape index (κ3) is 5.70. The molecule has 0 aromatic heterocycles. The molecule has 0 aliphatic rings. The highest BCUT2D eigenvalue weighted by Crippen LogP contribution is 2.24. The molecule has 1 aromatic rings. The highest BCUT2D eigenvalue weighted by Gasteiger charge is 2.23. The molecule has 0 atom stereocenters. The van der Waals surface area contributed by atoms with Crippen molar-refractivity contribution in [3.05, 3.63) is 35.6 Å². The largest absolute Gasteiger partial charge is 0.326 e. The van der Waals surface area contributed by atoms with Crippen LogP contribution in [-0.4, -0.2) is 18.6 Å². The minimum Gasteiger partial charge on any atom is -0.326 e. The lowest BCUT2D eigenvalue weighted by Crippen LogP contribution is -2.36. The minimum atomic E-state index is -0.205. The van der Waals surface area contributed by atoms with Crippen LogP contribution < -0.4 is 11.1 Å². The summed E-state index contributed by atoms with van der Waals surface area (Å²) in [5.74, 6) is -0.127. The van der Waals surface area contributed by atoms with E-state index in [1.165, 1.54) is 6.07 Å². The Hall–Kier alpha value is -0.930. The van der Waals surface area contributed by atoms with Gasteiger partial charge in [0.15, 0.2) is 0 Å². The maximum absolute atomic E-state index is 13.8. The van der Waals surface area contributed by atoms with E-state index in [-0.39, 0.29) is 16.8 Å². The summed E-state index contributed by atoms with van der Waals surface area (Å²) in [6, 6.07) is 7.00. The molecule has 0 saturated heterocycles. The van der Waals surface area contributed by atoms with Crippen LogP contribution >= 0.6 is 0 Å². The molecule has 0 saturated carbocycles. The van der Waals surface area contributed by atoms with Crippen molar-refractivity contribution in [1.29, 1.82) is 0 Å². The van der Waals surface area contributed by atoms with Gasteiger partial charge in [0, 0.05) is 17.5 Å². The summed E-state index contributed by atoms with van der Waals surface area (Å²) >= 11 is 0. The molecule has 19 heavy (non-hydrogen) atoms. The van der Waals surface area contributed by atoms with Gasteiger partial charge in [-0.3, -0.25) is 0 Å². The van der Waals surface area contributed by atoms with Crippen molar-refractivity contribution in [2.75, 3.05) is 13.1 Å². The summed E-state index contributed by atoms with van der Waals surface area (Å²) in [4.78, 5) is 0. The predicted octanol–water partition coefficient (Wildman–Crippen LogP) is 3.21. The van der Waals surface area contributed by atoms with Crippen molar-refractivity contribution < 1.29 is 4.39 Å². The molecule has 0 bridgehead atoms. The lowest BCUT2D eigenvalue weighted by atomic mass is 9.84. The van der Waals surface area contributed by atoms with Gasteiger partial charge in [-0.05, 0) is 44.9 Å². The second-order valence-electron chi connectivity index (χ2n) is 6.63. The first-order valence-corrected chi connectivity index (χ1v) is 6.97. The average molecular weight is 266 g/mol. The molecule has 0 aliphatic heterocycles. The molecule has 0 amide bonds. The van der Waals surface area contributed by atoms with Crippen LogP contribution in [0.2, 0.25) is 0 Å². The Morgan fingerprint density at radius 2 is 1.79 bits per heavy atom. The van der Waals surface area contributed by atoms with Crippen molar-refractivity contribution in [3.63, 3.8) is 0 Å². The fraction of sp³-hybridized carbons (Fsp3) is 0.625. The van der Waals surface area contributed by atoms with Gasteiger partial charge in [-0.25, -0.2) is 4.39 Å². The Kier molecular flexibility index (Phi) is 5.50. The van der Waals surface area contributed by atoms with Gasteiger partial charge in [0.2, 0.25) is 0 Å². The first-order chi connectivity index (χ1) is 8.72. The fourth-order valence-electron chi connectivity index (χ4n) is 2.18. The van der Waals surface area contributed by atoms with Crippen molar-refractivity contribution in [2.45, 2.75) is 51.5 Å². The first kappa shape index (κ1) is 16.1. The van der Waals surface area contributed by atoms with Gasteiger partial charge in [-0.15, -0.1) is 0 Å². The van der Waals surface area contributed by atoms with E-state index in [4.69, 9.17) is 5.73 Å². The zero-order chi connectivity index (χ0) is 14.5. The highest BCUT2D eigenvalue weighted by molar-refractivity contribution is 5.25. The monoisotopic (exact) mass is 266 g/mol. The normalized spacial score (nSPS) is 12.7. The number of hydrogen-bond donors (Lipinski definition) is 2. The first-order valence-electron chi connectivity index (χ1n) is 6.97. The molecule has 0 fully saturated rings. The smallest absolute Gasteiger partial charge is 0.126 e. The third-order valence-corrected chi connectivity index (χ3v) is 3.34. The van der Waals surface area contributed by atoms with Crippen molar-refractivity contribution in [2.24, 2.45) is 5.73 Å². The molecule has 0 spiro atoms. The summed E-state index contributed by atoms with van der Waals surface area (Å²) in [5.41, 5.74) is 6.39. The molecule has 1 aromatic carbocycles. The Labute approximate surface area is 116 Å². The molecule has 1 rings (SSSR count). The van der Waals surface area contributed by atoms with E-state index in [1.807, 2.05) is 26.0 Å². The molecule has 0 unspecified atom stereocenters. The van der Waals surface area contributed by atoms with Crippen LogP contribution in [0.4, 0.5) is 4.39 Å². The second kappa shape index (κ2) is 6.49. The predicted molar refractivity (Wildman–Crippen MR) is 79.8 cm³/mol. The van der Waals surface area contributed by atoms with Crippen LogP contribution in [0.3, 0.4) is 0 Å². The number of nitrogens with two attached hydrogens (primary N) is 1. The Morgan fingerprint density at radius 3 is 2.37 bits per heavy atom. The van der Waals surface area contributed by atoms with Gasteiger partial charge in [0.1, 0.15) is 5.82 Å². The molecule has 2 nitrogen and oxygen atoms in total. The van der Waals surface area contributed by atoms with Gasteiger partial charge in [-0.2, -0.15) is 0 Å². The van der Waals surface area contributed by atoms with E-state index >= 15 is 0 Å². The van der Waals surface area contributed by atoms with Crippen LogP contribution in [0.1, 0.15) is 46.1 Å². The zero-order valence-corrected chi connectivity index (χ0v) is 12.6. The fourth-order valence-corrected chi connectivity index (χ4v) is 2.18. The quantitative estimate of drug-likeness (QED) is 0.744. The molecule has 0 heterocycles. The maximum Gasteiger partial charge on any atom is 0.126 e. The molecule has 3 N–H and O–H groups in total. The summed E-state index contributed by atoms with van der Waals surface area (Å²) in [6.45, 7) is 9.88. The van der Waals surface area contributed by atoms with E-state index in [0.717, 1.165) is 31.5 Å². The molecular weight excluding hydrogens is 239 g/mol. The molecule has 0 aliphatic carbocycles. The van der Waals surface area contributed by atoms with E-state index in [9.17, 15) is 4.39 Å². The highest BCUT2D eigenvalue weighted by atomic mass is 19.1. The number of rotatable bonds is 7. The van der Waals surface area contributed by atoms with Gasteiger partial charge < -0.3 is 11.1 Å². The third-order valence-electron chi connectivity index (χ3n) is 3.34. The van der Waals surface area contributed by atoms with Gasteiger partial charge in [0.25, 0.3) is 0 Å². The number of nitrogens with one attached hydrogen (secondary N) is 1. The standard InChI is InChI=1S/C16H27FN2/c1-15(2,13-8-5-6-9-14(13)17)12-19-11-7-10-16(3,4)18/h5-6,8-9,19H,7,10-12,18H2,1-4H3. The van der Waals surface area contributed by atoms with E-state index in [2.05, 4.69) is 19.2 Å². The lowest BCUT2D eigenvalue weighted by Gasteiger charge is -2.26. The molecule has 0 radical (unpaired) electrons. The van der Waals surface area contributed by atoms with E-state index < -0.39 is 0 Å². The van der Waals surface area contributed by atoms with E-state index in [1.54, 1.807) is 6.07 Å². The number of halogens is 1. The topological polar surface area (TPSA) is 38.0 Å². The molecular formula is C16H27FN2. The van der Waals surface area contributed by atoms with Crippen LogP contribution in [0.15, 0.2) is 24.3 Å². The summed E-state index contributed by atoms with van der Waals surface area (Å²) < 4.78 is 13.8. The lowest BCUT2D eigenvalue weighted by molar-refractivity contribution is 0.415. The Bertz CT molecular complexity index is 394. The second-order valence-corrected chi connectivity index (χ2v) is 6.63. The number of hydrogen-bond acceptors (Lipinski definition) is 2. The summed E-state index contributed by atoms with van der Waals surface area (Å²) in [7, 11) is 0. The van der Waals surface area contributed by atoms with Crippen LogP contribution in [0, 0.1) is 5.82 Å². The van der Waals surface area contributed by atoms with Crippen molar-refractivity contribution >= 4 is 0 Å². The van der Waals surface area contributed by atoms with Gasteiger partial charge in [0.05, 0.1) is 0 Å². The molecule has 108 valence electrons. The molecule has 3 heteroatoms. The van der Waals surface area contributed by atoms with Crippen LogP contribution in [-0.2, 0) is 5.41 Å². The average Bonchev–Trinajstić information content (AvgIpc) is 2.27. The minimum absolute atomic E-state index is 0.108. The number of benzene rings is 1. The van der Waals surface area contributed by atoms with Crippen molar-refractivity contribution in [3.8, 4) is 0 Å². The van der Waals surface area contributed by atoms with Gasteiger partial charge in [-0.1, -0.05) is 32.0 Å². The van der Waals surface area contributed by atoms with Crippen LogP contribution in [0.25, 0.3) is 0 Å². The van der Waals surface area contributed by atoms with E-state index in [0.29, 0.717) is 0 Å². The summed E-state index contributed by atoms with van der Waals surface area (Å²) in [6.07, 6.45) is 2.02. The maximum atomic E-state index is 13.8.